The van der Waals surface area contributed by atoms with Crippen LogP contribution in [0, 0.1) is 0 Å². The molecule has 0 spiro atoms. The molecule has 0 aliphatic rings. The summed E-state index contributed by atoms with van der Waals surface area (Å²) in [5.41, 5.74) is 2.76. The molecule has 4 nitrogen and oxygen atoms in total. The van der Waals surface area contributed by atoms with Gasteiger partial charge in [0.15, 0.2) is 0 Å². The van der Waals surface area contributed by atoms with Gasteiger partial charge in [0.2, 0.25) is 0 Å². The SMILES string of the molecule is C=C(C)C(=O)Oc1ccc(-c2ccc(/C=C/C(=O)OC(C)(C)C)cc2)cc1. The highest BCUT2D eigenvalue weighted by molar-refractivity contribution is 5.89. The standard InChI is InChI=1S/C23H24O4/c1-16(2)22(25)26-20-13-11-19(12-14-20)18-9-6-17(7-10-18)8-15-21(24)27-23(3,4)5/h6-15H,1H2,2-5H3/b15-8+. The average Bonchev–Trinajstić information content (AvgIpc) is 2.59. The fourth-order valence-corrected chi connectivity index (χ4v) is 2.20. The molecular weight excluding hydrogens is 340 g/mol. The number of esters is 2. The van der Waals surface area contributed by atoms with Crippen LogP contribution in [0.5, 0.6) is 5.75 Å². The zero-order valence-corrected chi connectivity index (χ0v) is 16.1. The zero-order chi connectivity index (χ0) is 20.0. The number of hydrogen-bond donors (Lipinski definition) is 0. The summed E-state index contributed by atoms with van der Waals surface area (Å²) in [7, 11) is 0. The molecule has 0 amide bonds. The van der Waals surface area contributed by atoms with Crippen LogP contribution in [0.3, 0.4) is 0 Å². The van der Waals surface area contributed by atoms with Gasteiger partial charge in [0, 0.05) is 11.6 Å². The normalized spacial score (nSPS) is 11.3. The number of hydrogen-bond acceptors (Lipinski definition) is 4. The first-order valence-corrected chi connectivity index (χ1v) is 8.63. The minimum atomic E-state index is -0.504. The maximum atomic E-state index is 11.7. The third kappa shape index (κ3) is 6.59. The van der Waals surface area contributed by atoms with Crippen molar-refractivity contribution in [1.29, 1.82) is 0 Å². The van der Waals surface area contributed by atoms with Crippen LogP contribution in [-0.2, 0) is 14.3 Å². The molecule has 140 valence electrons. The van der Waals surface area contributed by atoms with E-state index in [1.807, 2.05) is 57.2 Å². The summed E-state index contributed by atoms with van der Waals surface area (Å²) in [6.07, 6.45) is 3.14. The Bertz CT molecular complexity index is 851. The van der Waals surface area contributed by atoms with Crippen LogP contribution >= 0.6 is 0 Å². The van der Waals surface area contributed by atoms with Crippen molar-refractivity contribution < 1.29 is 19.1 Å². The van der Waals surface area contributed by atoms with Gasteiger partial charge in [0.05, 0.1) is 0 Å². The molecule has 4 heteroatoms. The molecule has 2 aromatic rings. The first kappa shape index (κ1) is 20.2. The fraction of sp³-hybridized carbons (Fsp3) is 0.217. The van der Waals surface area contributed by atoms with E-state index < -0.39 is 11.6 Å². The molecule has 2 aromatic carbocycles. The Morgan fingerprint density at radius 3 is 1.93 bits per heavy atom. The Morgan fingerprint density at radius 2 is 1.44 bits per heavy atom. The first-order valence-electron chi connectivity index (χ1n) is 8.63. The monoisotopic (exact) mass is 364 g/mol. The van der Waals surface area contributed by atoms with Crippen LogP contribution in [0.15, 0.2) is 66.8 Å². The molecule has 27 heavy (non-hydrogen) atoms. The van der Waals surface area contributed by atoms with Gasteiger partial charge in [-0.2, -0.15) is 0 Å². The molecule has 0 aliphatic carbocycles. The lowest BCUT2D eigenvalue weighted by Crippen LogP contribution is -2.22. The molecule has 0 aliphatic heterocycles. The Labute approximate surface area is 160 Å². The van der Waals surface area contributed by atoms with Crippen molar-refractivity contribution in [1.82, 2.24) is 0 Å². The van der Waals surface area contributed by atoms with Gasteiger partial charge in [-0.05, 0) is 62.6 Å². The van der Waals surface area contributed by atoms with Crippen molar-refractivity contribution in [2.45, 2.75) is 33.3 Å². The Kier molecular flexibility index (Phi) is 6.35. The molecule has 0 heterocycles. The highest BCUT2D eigenvalue weighted by Crippen LogP contribution is 2.23. The largest absolute Gasteiger partial charge is 0.457 e. The van der Waals surface area contributed by atoms with Crippen LogP contribution in [-0.4, -0.2) is 17.5 Å². The first-order chi connectivity index (χ1) is 12.6. The molecule has 0 saturated carbocycles. The minimum absolute atomic E-state index is 0.356. The topological polar surface area (TPSA) is 52.6 Å². The smallest absolute Gasteiger partial charge is 0.338 e. The van der Waals surface area contributed by atoms with Crippen molar-refractivity contribution in [3.63, 3.8) is 0 Å². The quantitative estimate of drug-likeness (QED) is 0.416. The van der Waals surface area contributed by atoms with Gasteiger partial charge in [0.1, 0.15) is 11.4 Å². The molecule has 0 unspecified atom stereocenters. The van der Waals surface area contributed by atoms with E-state index in [0.29, 0.717) is 11.3 Å². The molecular formula is C23H24O4. The predicted molar refractivity (Wildman–Crippen MR) is 107 cm³/mol. The summed E-state index contributed by atoms with van der Waals surface area (Å²) >= 11 is 0. The molecule has 0 radical (unpaired) electrons. The van der Waals surface area contributed by atoms with Gasteiger partial charge in [-0.15, -0.1) is 0 Å². The van der Waals surface area contributed by atoms with E-state index in [9.17, 15) is 9.59 Å². The summed E-state index contributed by atoms with van der Waals surface area (Å²) in [5.74, 6) is -0.334. The Morgan fingerprint density at radius 1 is 0.926 bits per heavy atom. The van der Waals surface area contributed by atoms with Gasteiger partial charge < -0.3 is 9.47 Å². The van der Waals surface area contributed by atoms with E-state index >= 15 is 0 Å². The molecule has 0 saturated heterocycles. The van der Waals surface area contributed by atoms with E-state index in [1.165, 1.54) is 6.08 Å². The second-order valence-corrected chi connectivity index (χ2v) is 7.18. The highest BCUT2D eigenvalue weighted by Gasteiger charge is 2.13. The minimum Gasteiger partial charge on any atom is -0.457 e. The van der Waals surface area contributed by atoms with E-state index in [-0.39, 0.29) is 5.97 Å². The van der Waals surface area contributed by atoms with E-state index in [1.54, 1.807) is 25.1 Å². The number of carbonyl (C=O) groups excluding carboxylic acids is 2. The molecule has 0 atom stereocenters. The van der Waals surface area contributed by atoms with Crippen LogP contribution in [0.4, 0.5) is 0 Å². The van der Waals surface area contributed by atoms with E-state index in [2.05, 4.69) is 6.58 Å². The van der Waals surface area contributed by atoms with Crippen molar-refractivity contribution in [2.75, 3.05) is 0 Å². The predicted octanol–water partition coefficient (Wildman–Crippen LogP) is 5.19. The average molecular weight is 364 g/mol. The van der Waals surface area contributed by atoms with Crippen LogP contribution in [0.25, 0.3) is 17.2 Å². The van der Waals surface area contributed by atoms with Crippen molar-refractivity contribution >= 4 is 18.0 Å². The van der Waals surface area contributed by atoms with Crippen molar-refractivity contribution in [3.05, 3.63) is 72.3 Å². The number of benzene rings is 2. The molecule has 2 rings (SSSR count). The van der Waals surface area contributed by atoms with E-state index in [0.717, 1.165) is 16.7 Å². The molecule has 0 N–H and O–H groups in total. The van der Waals surface area contributed by atoms with Gasteiger partial charge in [-0.25, -0.2) is 9.59 Å². The van der Waals surface area contributed by atoms with Gasteiger partial charge >= 0.3 is 11.9 Å². The third-order valence-electron chi connectivity index (χ3n) is 3.48. The Hall–Kier alpha value is -3.14. The lowest BCUT2D eigenvalue weighted by Gasteiger charge is -2.17. The summed E-state index contributed by atoms with van der Waals surface area (Å²) in [4.78, 5) is 23.3. The fourth-order valence-electron chi connectivity index (χ4n) is 2.20. The van der Waals surface area contributed by atoms with Gasteiger partial charge in [-0.1, -0.05) is 43.0 Å². The summed E-state index contributed by atoms with van der Waals surface area (Å²) in [6.45, 7) is 10.7. The van der Waals surface area contributed by atoms with Crippen molar-refractivity contribution in [3.8, 4) is 16.9 Å². The lowest BCUT2D eigenvalue weighted by molar-refractivity contribution is -0.148. The Balaban J connectivity index is 2.03. The molecule has 0 bridgehead atoms. The summed E-state index contributed by atoms with van der Waals surface area (Å²) in [6, 6.07) is 15.0. The zero-order valence-electron chi connectivity index (χ0n) is 16.1. The number of carbonyl (C=O) groups is 2. The van der Waals surface area contributed by atoms with Crippen molar-refractivity contribution in [2.24, 2.45) is 0 Å². The third-order valence-corrected chi connectivity index (χ3v) is 3.48. The summed E-state index contributed by atoms with van der Waals surface area (Å²) < 4.78 is 10.4. The van der Waals surface area contributed by atoms with Crippen LogP contribution in [0.2, 0.25) is 0 Å². The number of ether oxygens (including phenoxy) is 2. The van der Waals surface area contributed by atoms with Crippen LogP contribution in [0.1, 0.15) is 33.3 Å². The second-order valence-electron chi connectivity index (χ2n) is 7.18. The van der Waals surface area contributed by atoms with E-state index in [4.69, 9.17) is 9.47 Å². The molecule has 0 fully saturated rings. The van der Waals surface area contributed by atoms with Crippen LogP contribution < -0.4 is 4.74 Å². The maximum absolute atomic E-state index is 11.7. The number of rotatable bonds is 5. The van der Waals surface area contributed by atoms with Gasteiger partial charge in [0.25, 0.3) is 0 Å². The summed E-state index contributed by atoms with van der Waals surface area (Å²) in [5, 5.41) is 0. The molecule has 0 aromatic heterocycles. The second kappa shape index (κ2) is 8.49. The lowest BCUT2D eigenvalue weighted by atomic mass is 10.0. The van der Waals surface area contributed by atoms with Gasteiger partial charge in [-0.3, -0.25) is 0 Å². The maximum Gasteiger partial charge on any atom is 0.338 e. The highest BCUT2D eigenvalue weighted by atomic mass is 16.6.